The van der Waals surface area contributed by atoms with Crippen molar-refractivity contribution in [2.75, 3.05) is 6.61 Å². The number of nitrogens with zero attached hydrogens (tertiary/aromatic N) is 4. The lowest BCUT2D eigenvalue weighted by molar-refractivity contribution is 0.304. The first-order valence-corrected chi connectivity index (χ1v) is 13.5. The van der Waals surface area contributed by atoms with Crippen LogP contribution in [0.1, 0.15) is 76.7 Å². The molecule has 0 radical (unpaired) electrons. The Kier molecular flexibility index (Phi) is 9.78. The van der Waals surface area contributed by atoms with Gasteiger partial charge < -0.3 is 4.74 Å². The summed E-state index contributed by atoms with van der Waals surface area (Å²) in [5, 5.41) is 17.4. The maximum absolute atomic E-state index is 5.60. The summed E-state index contributed by atoms with van der Waals surface area (Å²) in [5.74, 6) is 2.49. The zero-order chi connectivity index (χ0) is 25.0. The van der Waals surface area contributed by atoms with Gasteiger partial charge in [-0.1, -0.05) is 45.2 Å². The summed E-state index contributed by atoms with van der Waals surface area (Å²) in [6.07, 6.45) is 10.5. The van der Waals surface area contributed by atoms with Gasteiger partial charge in [0.1, 0.15) is 5.75 Å². The minimum Gasteiger partial charge on any atom is -0.494 e. The van der Waals surface area contributed by atoms with Gasteiger partial charge in [-0.15, -0.1) is 0 Å². The third-order valence-electron chi connectivity index (χ3n) is 6.90. The predicted molar refractivity (Wildman–Crippen MR) is 148 cm³/mol. The van der Waals surface area contributed by atoms with E-state index in [0.29, 0.717) is 5.92 Å². The van der Waals surface area contributed by atoms with E-state index < -0.39 is 0 Å². The normalized spacial score (nSPS) is 18.2. The third kappa shape index (κ3) is 7.84. The monoisotopic (exact) mass is 482 g/mol. The summed E-state index contributed by atoms with van der Waals surface area (Å²) in [7, 11) is 0. The van der Waals surface area contributed by atoms with E-state index in [0.717, 1.165) is 47.4 Å². The summed E-state index contributed by atoms with van der Waals surface area (Å²) in [5.41, 5.74) is 4.68. The van der Waals surface area contributed by atoms with Gasteiger partial charge in [-0.2, -0.15) is 20.5 Å². The fourth-order valence-corrected chi connectivity index (χ4v) is 4.74. The van der Waals surface area contributed by atoms with Crippen molar-refractivity contribution in [3.63, 3.8) is 0 Å². The van der Waals surface area contributed by atoms with Gasteiger partial charge in [-0.3, -0.25) is 0 Å². The Labute approximate surface area is 215 Å². The quantitative estimate of drug-likeness (QED) is 0.251. The van der Waals surface area contributed by atoms with Gasteiger partial charge in [-0.25, -0.2) is 0 Å². The van der Waals surface area contributed by atoms with Crippen LogP contribution in [-0.2, 0) is 0 Å². The molecule has 5 heteroatoms. The highest BCUT2D eigenvalue weighted by atomic mass is 16.5. The zero-order valence-corrected chi connectivity index (χ0v) is 21.6. The van der Waals surface area contributed by atoms with Crippen LogP contribution in [0, 0.1) is 5.92 Å². The van der Waals surface area contributed by atoms with E-state index in [1.165, 1.54) is 50.5 Å². The largest absolute Gasteiger partial charge is 0.494 e. The molecule has 1 saturated carbocycles. The molecule has 36 heavy (non-hydrogen) atoms. The Morgan fingerprint density at radius 2 is 1.08 bits per heavy atom. The smallest absolute Gasteiger partial charge is 0.119 e. The van der Waals surface area contributed by atoms with Gasteiger partial charge >= 0.3 is 0 Å². The minimum atomic E-state index is 0.697. The fraction of sp³-hybridized carbons (Fsp3) is 0.419. The van der Waals surface area contributed by atoms with Crippen LogP contribution in [0.5, 0.6) is 5.75 Å². The molecule has 0 spiro atoms. The van der Waals surface area contributed by atoms with Crippen LogP contribution in [0.15, 0.2) is 93.3 Å². The molecule has 0 aliphatic heterocycles. The summed E-state index contributed by atoms with van der Waals surface area (Å²) in [4.78, 5) is 0. The number of hydrogen-bond donors (Lipinski definition) is 0. The SMILES string of the molecule is CCCCC1CCC(c2ccc(N=Nc3ccc(N=Nc4ccc(OCCC)cc4)cc3)cc2)CC1. The first-order valence-electron chi connectivity index (χ1n) is 13.5. The lowest BCUT2D eigenvalue weighted by Crippen LogP contribution is -2.13. The van der Waals surface area contributed by atoms with Gasteiger partial charge in [0.15, 0.2) is 0 Å². The lowest BCUT2D eigenvalue weighted by atomic mass is 9.77. The van der Waals surface area contributed by atoms with Gasteiger partial charge in [0.25, 0.3) is 0 Å². The number of benzene rings is 3. The van der Waals surface area contributed by atoms with E-state index in [4.69, 9.17) is 4.74 Å². The average molecular weight is 483 g/mol. The zero-order valence-electron chi connectivity index (χ0n) is 21.6. The van der Waals surface area contributed by atoms with Crippen molar-refractivity contribution >= 4 is 22.7 Å². The average Bonchev–Trinajstić information content (AvgIpc) is 2.94. The molecule has 3 aromatic rings. The van der Waals surface area contributed by atoms with Crippen LogP contribution < -0.4 is 4.74 Å². The van der Waals surface area contributed by atoms with E-state index in [1.807, 2.05) is 48.5 Å². The lowest BCUT2D eigenvalue weighted by Gasteiger charge is -2.28. The summed E-state index contributed by atoms with van der Waals surface area (Å²) in [6.45, 7) is 5.10. The van der Waals surface area contributed by atoms with Gasteiger partial charge in [-0.05, 0) is 110 Å². The predicted octanol–water partition coefficient (Wildman–Crippen LogP) is 10.8. The van der Waals surface area contributed by atoms with Crippen LogP contribution in [0.4, 0.5) is 22.7 Å². The Hall–Kier alpha value is -3.34. The van der Waals surface area contributed by atoms with Crippen molar-refractivity contribution < 1.29 is 4.74 Å². The third-order valence-corrected chi connectivity index (χ3v) is 6.90. The molecular formula is C31H38N4O. The Bertz CT molecular complexity index is 1100. The number of hydrogen-bond acceptors (Lipinski definition) is 5. The Balaban J connectivity index is 1.27. The number of unbranched alkanes of at least 4 members (excludes halogenated alkanes) is 1. The van der Waals surface area contributed by atoms with E-state index in [9.17, 15) is 0 Å². The second-order valence-electron chi connectivity index (χ2n) is 9.71. The molecule has 0 atom stereocenters. The molecule has 1 aliphatic rings. The van der Waals surface area contributed by atoms with Crippen LogP contribution in [0.25, 0.3) is 0 Å². The highest BCUT2D eigenvalue weighted by Gasteiger charge is 2.21. The van der Waals surface area contributed by atoms with Crippen molar-refractivity contribution in [3.8, 4) is 5.75 Å². The maximum atomic E-state index is 5.60. The summed E-state index contributed by atoms with van der Waals surface area (Å²) in [6, 6.07) is 23.9. The van der Waals surface area contributed by atoms with Gasteiger partial charge in [0.2, 0.25) is 0 Å². The molecule has 0 saturated heterocycles. The minimum absolute atomic E-state index is 0.697. The van der Waals surface area contributed by atoms with Gasteiger partial charge in [0, 0.05) is 0 Å². The highest BCUT2D eigenvalue weighted by Crippen LogP contribution is 2.38. The molecule has 1 fully saturated rings. The van der Waals surface area contributed by atoms with Crippen molar-refractivity contribution in [1.29, 1.82) is 0 Å². The molecule has 0 N–H and O–H groups in total. The molecule has 188 valence electrons. The number of azo groups is 2. The van der Waals surface area contributed by atoms with E-state index in [1.54, 1.807) is 0 Å². The van der Waals surface area contributed by atoms with Crippen molar-refractivity contribution in [1.82, 2.24) is 0 Å². The van der Waals surface area contributed by atoms with Crippen molar-refractivity contribution in [2.45, 2.75) is 71.1 Å². The summed E-state index contributed by atoms with van der Waals surface area (Å²) >= 11 is 0. The molecule has 3 aromatic carbocycles. The van der Waals surface area contributed by atoms with Crippen molar-refractivity contribution in [3.05, 3.63) is 78.4 Å². The molecule has 4 rings (SSSR count). The first-order chi connectivity index (χ1) is 17.7. The number of rotatable bonds is 11. The first kappa shape index (κ1) is 25.7. The fourth-order valence-electron chi connectivity index (χ4n) is 4.74. The second kappa shape index (κ2) is 13.7. The van der Waals surface area contributed by atoms with E-state index in [2.05, 4.69) is 58.6 Å². The topological polar surface area (TPSA) is 58.7 Å². The molecule has 0 heterocycles. The molecule has 1 aliphatic carbocycles. The van der Waals surface area contributed by atoms with Crippen LogP contribution in [0.3, 0.4) is 0 Å². The Morgan fingerprint density at radius 1 is 0.611 bits per heavy atom. The number of ether oxygens (including phenoxy) is 1. The Morgan fingerprint density at radius 3 is 1.56 bits per heavy atom. The van der Waals surface area contributed by atoms with Crippen LogP contribution >= 0.6 is 0 Å². The van der Waals surface area contributed by atoms with Crippen LogP contribution in [0.2, 0.25) is 0 Å². The highest BCUT2D eigenvalue weighted by molar-refractivity contribution is 5.48. The van der Waals surface area contributed by atoms with Crippen LogP contribution in [-0.4, -0.2) is 6.61 Å². The van der Waals surface area contributed by atoms with Gasteiger partial charge in [0.05, 0.1) is 29.4 Å². The molecule has 0 amide bonds. The van der Waals surface area contributed by atoms with E-state index >= 15 is 0 Å². The molecule has 0 aromatic heterocycles. The molecular weight excluding hydrogens is 444 g/mol. The van der Waals surface area contributed by atoms with E-state index in [-0.39, 0.29) is 0 Å². The second-order valence-corrected chi connectivity index (χ2v) is 9.71. The van der Waals surface area contributed by atoms with Crippen molar-refractivity contribution in [2.24, 2.45) is 26.4 Å². The molecule has 0 bridgehead atoms. The maximum Gasteiger partial charge on any atom is 0.119 e. The standard InChI is InChI=1S/C31H38N4O/c1-3-5-6-24-7-9-25(10-8-24)26-11-13-27(14-12-26)32-33-28-15-17-29(18-16-28)34-35-30-19-21-31(22-20-30)36-23-4-2/h11-22,24-25H,3-10,23H2,1-2H3. The molecule has 5 nitrogen and oxygen atoms in total. The molecule has 0 unspecified atom stereocenters. The summed E-state index contributed by atoms with van der Waals surface area (Å²) < 4.78 is 5.60.